The lowest BCUT2D eigenvalue weighted by molar-refractivity contribution is -0.144. The van der Waals surface area contributed by atoms with Crippen molar-refractivity contribution in [3.8, 4) is 11.4 Å². The van der Waals surface area contributed by atoms with Crippen LogP contribution in [-0.2, 0) is 12.7 Å². The SMILES string of the molecule is CCCn1nncc1-c1cc(Cl)nc(C(F)(F)F)n1. The molecule has 0 unspecified atom stereocenters. The van der Waals surface area contributed by atoms with E-state index in [9.17, 15) is 13.2 Å². The highest BCUT2D eigenvalue weighted by molar-refractivity contribution is 6.29. The van der Waals surface area contributed by atoms with E-state index in [1.54, 1.807) is 0 Å². The lowest BCUT2D eigenvalue weighted by Crippen LogP contribution is -2.12. The number of aryl methyl sites for hydroxylation is 1. The van der Waals surface area contributed by atoms with Gasteiger partial charge in [0.25, 0.3) is 0 Å². The van der Waals surface area contributed by atoms with E-state index in [0.717, 1.165) is 6.42 Å². The molecular formula is C10H9ClF3N5. The second kappa shape index (κ2) is 5.12. The second-order valence-corrected chi connectivity index (χ2v) is 4.13. The molecule has 0 N–H and O–H groups in total. The zero-order chi connectivity index (χ0) is 14.0. The van der Waals surface area contributed by atoms with Crippen LogP contribution in [-0.4, -0.2) is 25.0 Å². The highest BCUT2D eigenvalue weighted by Gasteiger charge is 2.35. The molecule has 2 rings (SSSR count). The Morgan fingerprint density at radius 3 is 2.68 bits per heavy atom. The quantitative estimate of drug-likeness (QED) is 0.816. The van der Waals surface area contributed by atoms with Gasteiger partial charge >= 0.3 is 6.18 Å². The molecule has 2 aromatic heterocycles. The van der Waals surface area contributed by atoms with Crippen molar-refractivity contribution < 1.29 is 13.2 Å². The van der Waals surface area contributed by atoms with Gasteiger partial charge < -0.3 is 0 Å². The Bertz CT molecular complexity index is 581. The molecule has 19 heavy (non-hydrogen) atoms. The van der Waals surface area contributed by atoms with Crippen LogP contribution in [0.3, 0.4) is 0 Å². The number of rotatable bonds is 3. The monoisotopic (exact) mass is 291 g/mol. The fourth-order valence-corrected chi connectivity index (χ4v) is 1.69. The van der Waals surface area contributed by atoms with Crippen LogP contribution < -0.4 is 0 Å². The molecular weight excluding hydrogens is 283 g/mol. The van der Waals surface area contributed by atoms with Gasteiger partial charge in [-0.25, -0.2) is 14.6 Å². The van der Waals surface area contributed by atoms with Crippen LogP contribution in [0.4, 0.5) is 13.2 Å². The summed E-state index contributed by atoms with van der Waals surface area (Å²) in [6.45, 7) is 2.44. The van der Waals surface area contributed by atoms with Gasteiger partial charge in [-0.1, -0.05) is 23.7 Å². The van der Waals surface area contributed by atoms with E-state index >= 15 is 0 Å². The van der Waals surface area contributed by atoms with Crippen molar-refractivity contribution in [1.29, 1.82) is 0 Å². The smallest absolute Gasteiger partial charge is 0.243 e. The predicted octanol–water partition coefficient (Wildman–Crippen LogP) is 2.82. The molecule has 102 valence electrons. The summed E-state index contributed by atoms with van der Waals surface area (Å²) in [6.07, 6.45) is -2.54. The van der Waals surface area contributed by atoms with Crippen LogP contribution in [0.2, 0.25) is 5.15 Å². The first-order valence-corrected chi connectivity index (χ1v) is 5.80. The number of aromatic nitrogens is 5. The van der Waals surface area contributed by atoms with E-state index in [1.165, 1.54) is 16.9 Å². The van der Waals surface area contributed by atoms with Crippen molar-refractivity contribution in [2.75, 3.05) is 0 Å². The van der Waals surface area contributed by atoms with E-state index in [4.69, 9.17) is 11.6 Å². The van der Waals surface area contributed by atoms with Gasteiger partial charge in [-0.15, -0.1) is 5.10 Å². The molecule has 0 spiro atoms. The topological polar surface area (TPSA) is 56.5 Å². The zero-order valence-electron chi connectivity index (χ0n) is 9.82. The molecule has 0 amide bonds. The van der Waals surface area contributed by atoms with E-state index in [2.05, 4.69) is 20.3 Å². The summed E-state index contributed by atoms with van der Waals surface area (Å²) < 4.78 is 39.3. The molecule has 9 heteroatoms. The minimum atomic E-state index is -4.65. The Hall–Kier alpha value is -1.70. The van der Waals surface area contributed by atoms with Crippen molar-refractivity contribution in [2.45, 2.75) is 26.1 Å². The fraction of sp³-hybridized carbons (Fsp3) is 0.400. The molecule has 0 aliphatic carbocycles. The normalized spacial score (nSPS) is 11.8. The number of halogens is 4. The van der Waals surface area contributed by atoms with Crippen molar-refractivity contribution in [1.82, 2.24) is 25.0 Å². The van der Waals surface area contributed by atoms with Gasteiger partial charge in [-0.3, -0.25) is 0 Å². The third-order valence-electron chi connectivity index (χ3n) is 2.26. The van der Waals surface area contributed by atoms with Crippen molar-refractivity contribution in [2.24, 2.45) is 0 Å². The number of nitrogens with zero attached hydrogens (tertiary/aromatic N) is 5. The van der Waals surface area contributed by atoms with Gasteiger partial charge in [0.15, 0.2) is 0 Å². The van der Waals surface area contributed by atoms with Crippen LogP contribution in [0, 0.1) is 0 Å². The fourth-order valence-electron chi connectivity index (χ4n) is 1.51. The van der Waals surface area contributed by atoms with Crippen LogP contribution in [0.25, 0.3) is 11.4 Å². The third kappa shape index (κ3) is 3.01. The lowest BCUT2D eigenvalue weighted by atomic mass is 10.3. The third-order valence-corrected chi connectivity index (χ3v) is 2.46. The van der Waals surface area contributed by atoms with Gasteiger partial charge in [-0.2, -0.15) is 13.2 Å². The van der Waals surface area contributed by atoms with Gasteiger partial charge in [-0.05, 0) is 6.42 Å². The zero-order valence-corrected chi connectivity index (χ0v) is 10.6. The van der Waals surface area contributed by atoms with Crippen LogP contribution in [0.15, 0.2) is 12.3 Å². The number of alkyl halides is 3. The first-order valence-electron chi connectivity index (χ1n) is 5.42. The molecule has 0 saturated carbocycles. The minimum Gasteiger partial charge on any atom is -0.243 e. The Labute approximate surface area is 111 Å². The Morgan fingerprint density at radius 2 is 2.05 bits per heavy atom. The molecule has 0 aliphatic rings. The number of hydrogen-bond acceptors (Lipinski definition) is 4. The van der Waals surface area contributed by atoms with Crippen LogP contribution >= 0.6 is 11.6 Å². The summed E-state index contributed by atoms with van der Waals surface area (Å²) in [5.74, 6) is -1.28. The molecule has 0 aliphatic heterocycles. The highest BCUT2D eigenvalue weighted by atomic mass is 35.5. The van der Waals surface area contributed by atoms with Gasteiger partial charge in [0.2, 0.25) is 5.82 Å². The molecule has 5 nitrogen and oxygen atoms in total. The van der Waals surface area contributed by atoms with Crippen molar-refractivity contribution in [3.05, 3.63) is 23.2 Å². The molecule has 0 aromatic carbocycles. The number of hydrogen-bond donors (Lipinski definition) is 0. The maximum atomic E-state index is 12.6. The molecule has 0 fully saturated rings. The van der Waals surface area contributed by atoms with Gasteiger partial charge in [0.05, 0.1) is 11.9 Å². The van der Waals surface area contributed by atoms with Crippen LogP contribution in [0.5, 0.6) is 0 Å². The van der Waals surface area contributed by atoms with E-state index in [-0.39, 0.29) is 10.8 Å². The molecule has 2 aromatic rings. The first-order chi connectivity index (χ1) is 8.91. The minimum absolute atomic E-state index is 0.0470. The molecule has 0 radical (unpaired) electrons. The van der Waals surface area contributed by atoms with Crippen LogP contribution in [0.1, 0.15) is 19.2 Å². The standard InChI is InChI=1S/C10H9ClF3N5/c1-2-3-19-7(5-15-18-19)6-4-8(11)17-9(16-6)10(12,13)14/h4-5H,2-3H2,1H3. The maximum absolute atomic E-state index is 12.6. The molecule has 0 atom stereocenters. The maximum Gasteiger partial charge on any atom is 0.451 e. The lowest BCUT2D eigenvalue weighted by Gasteiger charge is -2.08. The second-order valence-electron chi connectivity index (χ2n) is 3.74. The van der Waals surface area contributed by atoms with Gasteiger partial charge in [0.1, 0.15) is 10.8 Å². The predicted molar refractivity (Wildman–Crippen MR) is 61.4 cm³/mol. The highest BCUT2D eigenvalue weighted by Crippen LogP contribution is 2.29. The average molecular weight is 292 g/mol. The first kappa shape index (κ1) is 13.7. The summed E-state index contributed by atoms with van der Waals surface area (Å²) in [6, 6.07) is 1.25. The Balaban J connectivity index is 2.50. The van der Waals surface area contributed by atoms with E-state index in [0.29, 0.717) is 12.2 Å². The van der Waals surface area contributed by atoms with Gasteiger partial charge in [0, 0.05) is 12.6 Å². The van der Waals surface area contributed by atoms with Crippen molar-refractivity contribution in [3.63, 3.8) is 0 Å². The summed E-state index contributed by atoms with van der Waals surface area (Å²) in [5.41, 5.74) is 0.419. The Kier molecular flexibility index (Phi) is 3.70. The summed E-state index contributed by atoms with van der Waals surface area (Å²) in [7, 11) is 0. The molecule has 0 bridgehead atoms. The average Bonchev–Trinajstić information content (AvgIpc) is 2.76. The Morgan fingerprint density at radius 1 is 1.32 bits per heavy atom. The summed E-state index contributed by atoms with van der Waals surface area (Å²) in [4.78, 5) is 6.64. The molecule has 0 saturated heterocycles. The summed E-state index contributed by atoms with van der Waals surface area (Å²) >= 11 is 5.60. The van der Waals surface area contributed by atoms with Crippen molar-refractivity contribution >= 4 is 11.6 Å². The van der Waals surface area contributed by atoms with E-state index < -0.39 is 12.0 Å². The molecule has 2 heterocycles. The van der Waals surface area contributed by atoms with E-state index in [1.807, 2.05) is 6.92 Å². The summed E-state index contributed by atoms with van der Waals surface area (Å²) in [5, 5.41) is 7.18. The largest absolute Gasteiger partial charge is 0.451 e.